The van der Waals surface area contributed by atoms with E-state index in [1.54, 1.807) is 10.9 Å². The molecule has 2 rings (SSSR count). The molecule has 0 aliphatic carbocycles. The van der Waals surface area contributed by atoms with Gasteiger partial charge in [0.2, 0.25) is 0 Å². The van der Waals surface area contributed by atoms with E-state index in [-0.39, 0.29) is 46.0 Å². The molecule has 2 heterocycles. The normalized spacial score (nSPS) is 12.4. The number of ether oxygens (including phenoxy) is 2. The summed E-state index contributed by atoms with van der Waals surface area (Å²) < 4.78 is 11.9. The van der Waals surface area contributed by atoms with Crippen LogP contribution in [0.2, 0.25) is 0 Å². The maximum absolute atomic E-state index is 8.91. The molecular weight excluding hydrogens is 313 g/mol. The largest absolute Gasteiger partial charge is 0.391 e. The second-order valence-electron chi connectivity index (χ2n) is 3.44. The third-order valence-electron chi connectivity index (χ3n) is 2.34. The molecule has 0 spiro atoms. The molecule has 0 aliphatic heterocycles. The molecule has 95 valence electrons. The molecule has 2 aromatic heterocycles. The molecule has 0 bridgehead atoms. The topological polar surface area (TPSA) is 82.3 Å². The number of hydrogen-bond donors (Lipinski definition) is 1. The van der Waals surface area contributed by atoms with E-state index in [1.807, 2.05) is 6.92 Å². The van der Waals surface area contributed by atoms with E-state index in [0.717, 1.165) is 5.69 Å². The van der Waals surface area contributed by atoms with E-state index in [0.29, 0.717) is 11.2 Å². The molecule has 1 atom stereocenters. The third kappa shape index (κ3) is 3.30. The van der Waals surface area contributed by atoms with Crippen LogP contribution in [-0.2, 0) is 48.9 Å². The van der Waals surface area contributed by atoms with Gasteiger partial charge in [0.25, 0.3) is 0 Å². The van der Waals surface area contributed by atoms with Gasteiger partial charge in [0.1, 0.15) is 6.73 Å². The fourth-order valence-electron chi connectivity index (χ4n) is 1.40. The number of methoxy groups -OCH3 is 1. The van der Waals surface area contributed by atoms with Crippen LogP contribution < -0.4 is 0 Å². The zero-order valence-electron chi connectivity index (χ0n) is 10.2. The van der Waals surface area contributed by atoms with Crippen molar-refractivity contribution in [2.24, 2.45) is 0 Å². The third-order valence-corrected chi connectivity index (χ3v) is 2.34. The van der Waals surface area contributed by atoms with Crippen LogP contribution in [0.3, 0.4) is 0 Å². The van der Waals surface area contributed by atoms with Gasteiger partial charge >= 0.3 is 0 Å². The van der Waals surface area contributed by atoms with Gasteiger partial charge in [-0.15, -0.1) is 0 Å². The Morgan fingerprint density at radius 3 is 2.94 bits per heavy atom. The van der Waals surface area contributed by atoms with Gasteiger partial charge in [0.15, 0.2) is 6.29 Å². The van der Waals surface area contributed by atoms with E-state index < -0.39 is 6.29 Å². The Kier molecular flexibility index (Phi) is 6.24. The van der Waals surface area contributed by atoms with Gasteiger partial charge < -0.3 is 29.1 Å². The molecule has 0 aliphatic rings. The van der Waals surface area contributed by atoms with Gasteiger partial charge in [-0.05, 0) is 5.69 Å². The van der Waals surface area contributed by atoms with Gasteiger partial charge in [-0.3, -0.25) is 4.98 Å². The molecule has 1 unspecified atom stereocenters. The van der Waals surface area contributed by atoms with Gasteiger partial charge in [0.05, 0.1) is 18.6 Å². The van der Waals surface area contributed by atoms with Crippen molar-refractivity contribution in [2.75, 3.05) is 13.7 Å². The fraction of sp³-hybridized carbons (Fsp3) is 0.500. The molecule has 0 saturated carbocycles. The van der Waals surface area contributed by atoms with E-state index in [9.17, 15) is 0 Å². The van der Waals surface area contributed by atoms with Crippen LogP contribution in [-0.4, -0.2) is 44.6 Å². The first-order valence-corrected chi connectivity index (χ1v) is 5.07. The summed E-state index contributed by atoms with van der Waals surface area (Å²) in [5.41, 5.74) is 2.12. The second-order valence-corrected chi connectivity index (χ2v) is 3.44. The Labute approximate surface area is 129 Å². The van der Waals surface area contributed by atoms with Crippen molar-refractivity contribution >= 4 is 11.2 Å². The van der Waals surface area contributed by atoms with Crippen LogP contribution in [0.15, 0.2) is 6.33 Å². The number of imidazole rings is 1. The van der Waals surface area contributed by atoms with Crippen LogP contribution in [0.25, 0.3) is 11.2 Å². The summed E-state index contributed by atoms with van der Waals surface area (Å²) in [5.74, 6) is 0. The summed E-state index contributed by atoms with van der Waals surface area (Å²) >= 11 is 0. The molecule has 18 heavy (non-hydrogen) atoms. The fourth-order valence-corrected chi connectivity index (χ4v) is 1.40. The maximum Gasteiger partial charge on any atom is 0.182 e. The number of aliphatic hydroxyl groups is 1. The van der Waals surface area contributed by atoms with E-state index >= 15 is 0 Å². The summed E-state index contributed by atoms with van der Waals surface area (Å²) in [5, 5.41) is 8.91. The molecular formula is C10H13N4O3Y-. The Balaban J connectivity index is 0.00000162. The van der Waals surface area contributed by atoms with Crippen molar-refractivity contribution in [3.05, 3.63) is 18.3 Å². The standard InChI is InChI=1S/C10H13N4O3.Y/c1-7-9-10(12-4-11-7)14(5-13-9)6-17-8(3-15)16-2;/h5,8,15H,3,6H2,1-2H3;/q-1;. The van der Waals surface area contributed by atoms with Gasteiger partial charge in [0, 0.05) is 51.7 Å². The maximum atomic E-state index is 8.91. The quantitative estimate of drug-likeness (QED) is 0.609. The number of nitrogens with zero attached hydrogens (tertiary/aromatic N) is 4. The Hall–Kier alpha value is -0.466. The zero-order valence-corrected chi connectivity index (χ0v) is 13.0. The van der Waals surface area contributed by atoms with Gasteiger partial charge in [-0.25, -0.2) is 0 Å². The number of rotatable bonds is 5. The minimum atomic E-state index is -0.653. The average Bonchev–Trinajstić information content (AvgIpc) is 2.75. The first-order chi connectivity index (χ1) is 8.26. The molecule has 1 radical (unpaired) electrons. The number of aryl methyl sites for hydroxylation is 1. The SMILES string of the molecule is COC(CO)OCn1cnc2c(C)n[c-]nc21.[Y]. The van der Waals surface area contributed by atoms with Crippen LogP contribution in [0.1, 0.15) is 5.69 Å². The zero-order chi connectivity index (χ0) is 12.3. The molecule has 0 amide bonds. The van der Waals surface area contributed by atoms with Crippen molar-refractivity contribution in [1.29, 1.82) is 0 Å². The van der Waals surface area contributed by atoms with Crippen molar-refractivity contribution < 1.29 is 47.3 Å². The van der Waals surface area contributed by atoms with Gasteiger partial charge in [-0.1, -0.05) is 6.92 Å². The minimum Gasteiger partial charge on any atom is -0.391 e. The summed E-state index contributed by atoms with van der Waals surface area (Å²) in [7, 11) is 1.47. The summed E-state index contributed by atoms with van der Waals surface area (Å²) in [6.07, 6.45) is 3.50. The number of aliphatic hydroxyl groups excluding tert-OH is 1. The van der Waals surface area contributed by atoms with Crippen molar-refractivity contribution in [1.82, 2.24) is 19.5 Å². The van der Waals surface area contributed by atoms with E-state index in [1.165, 1.54) is 7.11 Å². The monoisotopic (exact) mass is 326 g/mol. The summed E-state index contributed by atoms with van der Waals surface area (Å²) in [4.78, 5) is 12.1. The van der Waals surface area contributed by atoms with Gasteiger partial charge in [-0.2, -0.15) is 0 Å². The van der Waals surface area contributed by atoms with Crippen LogP contribution in [0.5, 0.6) is 0 Å². The van der Waals surface area contributed by atoms with Crippen molar-refractivity contribution in [3.63, 3.8) is 0 Å². The minimum absolute atomic E-state index is 0. The molecule has 1 N–H and O–H groups in total. The predicted molar refractivity (Wildman–Crippen MR) is 57.9 cm³/mol. The van der Waals surface area contributed by atoms with E-state index in [2.05, 4.69) is 21.3 Å². The average molecular weight is 326 g/mol. The van der Waals surface area contributed by atoms with Crippen LogP contribution in [0.4, 0.5) is 0 Å². The Morgan fingerprint density at radius 1 is 1.50 bits per heavy atom. The van der Waals surface area contributed by atoms with Crippen molar-refractivity contribution in [3.8, 4) is 0 Å². The van der Waals surface area contributed by atoms with Crippen molar-refractivity contribution in [2.45, 2.75) is 19.9 Å². The first kappa shape index (κ1) is 15.6. The molecule has 8 heteroatoms. The predicted octanol–water partition coefficient (Wildman–Crippen LogP) is -0.129. The summed E-state index contributed by atoms with van der Waals surface area (Å²) in [6.45, 7) is 1.83. The van der Waals surface area contributed by atoms with Crippen LogP contribution in [0, 0.1) is 13.3 Å². The second kappa shape index (κ2) is 7.20. The smallest absolute Gasteiger partial charge is 0.182 e. The molecule has 7 nitrogen and oxygen atoms in total. The first-order valence-electron chi connectivity index (χ1n) is 5.07. The molecule has 0 saturated heterocycles. The molecule has 0 fully saturated rings. The summed E-state index contributed by atoms with van der Waals surface area (Å²) in [6, 6.07) is 0. The number of hydrogen-bond acceptors (Lipinski definition) is 6. The molecule has 2 aromatic rings. The number of aromatic nitrogens is 4. The van der Waals surface area contributed by atoms with Crippen LogP contribution >= 0.6 is 0 Å². The van der Waals surface area contributed by atoms with E-state index in [4.69, 9.17) is 14.6 Å². The Bertz CT molecular complexity index is 501. The molecule has 0 aromatic carbocycles. The number of fused-ring (bicyclic) bond motifs is 1. The Morgan fingerprint density at radius 2 is 2.28 bits per heavy atom.